The average Bonchev–Trinajstić information content (AvgIpc) is 2.91. The zero-order chi connectivity index (χ0) is 11.9. The van der Waals surface area contributed by atoms with Crippen LogP contribution in [-0.4, -0.2) is 53.5 Å². The summed E-state index contributed by atoms with van der Waals surface area (Å²) in [7, 11) is 0. The van der Waals surface area contributed by atoms with Crippen LogP contribution >= 0.6 is 24.8 Å². The molecule has 2 saturated carbocycles. The summed E-state index contributed by atoms with van der Waals surface area (Å²) < 4.78 is 0. The standard InChI is InChI=1S/C13H23N3O.2ClH/c14-13(5-6-13)12(17)16-9-7-15(8-10-16)11-3-1-2-4-11;;/h11H,1-10,14H2;2*1H. The molecule has 0 aromatic carbocycles. The smallest absolute Gasteiger partial charge is 0.242 e. The zero-order valence-corrected chi connectivity index (χ0v) is 13.0. The highest BCUT2D eigenvalue weighted by Crippen LogP contribution is 2.34. The van der Waals surface area contributed by atoms with Gasteiger partial charge in [0.2, 0.25) is 5.91 Å². The summed E-state index contributed by atoms with van der Waals surface area (Å²) in [6.07, 6.45) is 7.25. The van der Waals surface area contributed by atoms with Crippen molar-refractivity contribution in [2.24, 2.45) is 5.73 Å². The Morgan fingerprint density at radius 3 is 2.00 bits per heavy atom. The van der Waals surface area contributed by atoms with Crippen LogP contribution in [0.2, 0.25) is 0 Å². The van der Waals surface area contributed by atoms with Crippen LogP contribution in [0, 0.1) is 0 Å². The van der Waals surface area contributed by atoms with Crippen molar-refractivity contribution in [2.45, 2.75) is 50.1 Å². The van der Waals surface area contributed by atoms with E-state index in [1.807, 2.05) is 4.90 Å². The van der Waals surface area contributed by atoms with E-state index >= 15 is 0 Å². The predicted octanol–water partition coefficient (Wildman–Crippen LogP) is 1.41. The number of amides is 1. The SMILES string of the molecule is Cl.Cl.NC1(C(=O)N2CCN(C3CCCC3)CC2)CC1. The summed E-state index contributed by atoms with van der Waals surface area (Å²) in [5.41, 5.74) is 5.50. The Morgan fingerprint density at radius 2 is 1.53 bits per heavy atom. The van der Waals surface area contributed by atoms with Gasteiger partial charge in [-0.2, -0.15) is 0 Å². The molecular weight excluding hydrogens is 285 g/mol. The first-order chi connectivity index (χ1) is 8.19. The Balaban J connectivity index is 0.000000902. The molecule has 3 aliphatic rings. The van der Waals surface area contributed by atoms with Crippen LogP contribution in [0.15, 0.2) is 0 Å². The molecule has 3 fully saturated rings. The van der Waals surface area contributed by atoms with Gasteiger partial charge < -0.3 is 10.6 Å². The molecule has 6 heteroatoms. The molecule has 1 heterocycles. The fourth-order valence-corrected chi connectivity index (χ4v) is 3.22. The Labute approximate surface area is 127 Å². The second kappa shape index (κ2) is 6.61. The van der Waals surface area contributed by atoms with Crippen molar-refractivity contribution in [3.05, 3.63) is 0 Å². The number of hydrogen-bond donors (Lipinski definition) is 1. The summed E-state index contributed by atoms with van der Waals surface area (Å²) in [4.78, 5) is 16.7. The van der Waals surface area contributed by atoms with E-state index in [-0.39, 0.29) is 30.7 Å². The maximum absolute atomic E-state index is 12.1. The normalized spacial score (nSPS) is 26.5. The van der Waals surface area contributed by atoms with Crippen LogP contribution < -0.4 is 5.73 Å². The van der Waals surface area contributed by atoms with Crippen molar-refractivity contribution >= 4 is 30.7 Å². The van der Waals surface area contributed by atoms with Gasteiger partial charge in [0, 0.05) is 32.2 Å². The van der Waals surface area contributed by atoms with Gasteiger partial charge in [0.05, 0.1) is 5.54 Å². The van der Waals surface area contributed by atoms with Crippen molar-refractivity contribution in [2.75, 3.05) is 26.2 Å². The van der Waals surface area contributed by atoms with Gasteiger partial charge in [-0.25, -0.2) is 0 Å². The number of nitrogens with two attached hydrogens (primary N) is 1. The van der Waals surface area contributed by atoms with Gasteiger partial charge in [-0.05, 0) is 25.7 Å². The summed E-state index contributed by atoms with van der Waals surface area (Å²) >= 11 is 0. The highest BCUT2D eigenvalue weighted by Gasteiger charge is 2.48. The minimum absolute atomic E-state index is 0. The van der Waals surface area contributed by atoms with Gasteiger partial charge in [-0.3, -0.25) is 9.69 Å². The lowest BCUT2D eigenvalue weighted by atomic mass is 10.1. The first-order valence-corrected chi connectivity index (χ1v) is 7.01. The molecule has 19 heavy (non-hydrogen) atoms. The van der Waals surface area contributed by atoms with Gasteiger partial charge in [0.25, 0.3) is 0 Å². The second-order valence-electron chi connectivity index (χ2n) is 5.92. The molecule has 1 saturated heterocycles. The van der Waals surface area contributed by atoms with Crippen LogP contribution in [0.25, 0.3) is 0 Å². The molecule has 4 nitrogen and oxygen atoms in total. The molecule has 112 valence electrons. The van der Waals surface area contributed by atoms with Crippen LogP contribution in [-0.2, 0) is 4.79 Å². The first-order valence-electron chi connectivity index (χ1n) is 7.01. The van der Waals surface area contributed by atoms with Crippen molar-refractivity contribution < 1.29 is 4.79 Å². The highest BCUT2D eigenvalue weighted by molar-refractivity contribution is 5.89. The predicted molar refractivity (Wildman–Crippen MR) is 81.1 cm³/mol. The molecule has 0 aromatic rings. The summed E-state index contributed by atoms with van der Waals surface area (Å²) in [6, 6.07) is 0.792. The number of halogens is 2. The first kappa shape index (κ1) is 17.0. The second-order valence-corrected chi connectivity index (χ2v) is 5.92. The van der Waals surface area contributed by atoms with E-state index in [1.54, 1.807) is 0 Å². The third-order valence-electron chi connectivity index (χ3n) is 4.66. The Bertz CT molecular complexity index is 309. The molecule has 0 bridgehead atoms. The lowest BCUT2D eigenvalue weighted by Crippen LogP contribution is -2.55. The Morgan fingerprint density at radius 1 is 1.00 bits per heavy atom. The van der Waals surface area contributed by atoms with Gasteiger partial charge in [0.1, 0.15) is 0 Å². The highest BCUT2D eigenvalue weighted by atomic mass is 35.5. The third kappa shape index (κ3) is 3.54. The van der Waals surface area contributed by atoms with E-state index in [2.05, 4.69) is 4.90 Å². The van der Waals surface area contributed by atoms with E-state index in [0.717, 1.165) is 45.1 Å². The molecule has 1 aliphatic heterocycles. The number of carbonyl (C=O) groups excluding carboxylic acids is 1. The van der Waals surface area contributed by atoms with Crippen molar-refractivity contribution in [3.63, 3.8) is 0 Å². The van der Waals surface area contributed by atoms with Crippen molar-refractivity contribution in [1.82, 2.24) is 9.80 Å². The third-order valence-corrected chi connectivity index (χ3v) is 4.66. The molecular formula is C13H25Cl2N3O. The summed E-state index contributed by atoms with van der Waals surface area (Å²) in [6.45, 7) is 3.86. The van der Waals surface area contributed by atoms with Gasteiger partial charge in [-0.1, -0.05) is 12.8 Å². The van der Waals surface area contributed by atoms with Crippen LogP contribution in [0.3, 0.4) is 0 Å². The molecule has 1 amide bonds. The molecule has 0 spiro atoms. The van der Waals surface area contributed by atoms with Gasteiger partial charge in [0.15, 0.2) is 0 Å². The maximum Gasteiger partial charge on any atom is 0.242 e. The number of hydrogen-bond acceptors (Lipinski definition) is 3. The largest absolute Gasteiger partial charge is 0.339 e. The maximum atomic E-state index is 12.1. The number of rotatable bonds is 2. The Kier molecular flexibility index (Phi) is 5.93. The lowest BCUT2D eigenvalue weighted by Gasteiger charge is -2.39. The molecule has 0 radical (unpaired) electrons. The molecule has 3 rings (SSSR count). The molecule has 2 N–H and O–H groups in total. The van der Waals surface area contributed by atoms with E-state index < -0.39 is 5.54 Å². The quantitative estimate of drug-likeness (QED) is 0.839. The molecule has 0 unspecified atom stereocenters. The van der Waals surface area contributed by atoms with E-state index in [9.17, 15) is 4.79 Å². The minimum Gasteiger partial charge on any atom is -0.339 e. The summed E-state index contributed by atoms with van der Waals surface area (Å²) in [5, 5.41) is 0. The van der Waals surface area contributed by atoms with Crippen molar-refractivity contribution in [1.29, 1.82) is 0 Å². The van der Waals surface area contributed by atoms with Gasteiger partial charge >= 0.3 is 0 Å². The van der Waals surface area contributed by atoms with E-state index in [0.29, 0.717) is 0 Å². The minimum atomic E-state index is -0.477. The van der Waals surface area contributed by atoms with Crippen LogP contribution in [0.5, 0.6) is 0 Å². The van der Waals surface area contributed by atoms with Crippen LogP contribution in [0.4, 0.5) is 0 Å². The lowest BCUT2D eigenvalue weighted by molar-refractivity contribution is -0.135. The van der Waals surface area contributed by atoms with Crippen molar-refractivity contribution in [3.8, 4) is 0 Å². The fraction of sp³-hybridized carbons (Fsp3) is 0.923. The Hall–Kier alpha value is -0.0300. The van der Waals surface area contributed by atoms with Gasteiger partial charge in [-0.15, -0.1) is 24.8 Å². The monoisotopic (exact) mass is 309 g/mol. The fourth-order valence-electron chi connectivity index (χ4n) is 3.22. The number of nitrogens with zero attached hydrogens (tertiary/aromatic N) is 2. The van der Waals surface area contributed by atoms with E-state index in [4.69, 9.17) is 5.73 Å². The average molecular weight is 310 g/mol. The molecule has 0 aromatic heterocycles. The van der Waals surface area contributed by atoms with E-state index in [1.165, 1.54) is 25.7 Å². The van der Waals surface area contributed by atoms with Crippen LogP contribution in [0.1, 0.15) is 38.5 Å². The number of carbonyl (C=O) groups is 1. The zero-order valence-electron chi connectivity index (χ0n) is 11.3. The summed E-state index contributed by atoms with van der Waals surface area (Å²) in [5.74, 6) is 0.198. The topological polar surface area (TPSA) is 49.6 Å². The molecule has 2 aliphatic carbocycles. The molecule has 0 atom stereocenters. The number of piperazine rings is 1.